The maximum Gasteiger partial charge on any atom is 0.161 e. The zero-order chi connectivity index (χ0) is 14.6. The van der Waals surface area contributed by atoms with Gasteiger partial charge < -0.3 is 14.8 Å². The number of likely N-dealkylation sites (N-methyl/N-ethyl adjacent to an activating group) is 1. The summed E-state index contributed by atoms with van der Waals surface area (Å²) < 4.78 is 12.0. The first-order valence-electron chi connectivity index (χ1n) is 7.64. The van der Waals surface area contributed by atoms with Gasteiger partial charge in [0.1, 0.15) is 6.10 Å². The molecule has 2 rings (SSSR count). The van der Waals surface area contributed by atoms with Crippen molar-refractivity contribution in [1.29, 1.82) is 0 Å². The lowest BCUT2D eigenvalue weighted by Gasteiger charge is -2.30. The third-order valence-corrected chi connectivity index (χ3v) is 4.19. The van der Waals surface area contributed by atoms with E-state index in [4.69, 9.17) is 9.47 Å². The molecule has 0 aliphatic heterocycles. The normalized spacial score (nSPS) is 24.6. The molecular formula is C17H27NO2. The van der Waals surface area contributed by atoms with Crippen LogP contribution in [0.25, 0.3) is 0 Å². The fourth-order valence-electron chi connectivity index (χ4n) is 3.09. The van der Waals surface area contributed by atoms with Crippen molar-refractivity contribution in [3.8, 4) is 11.5 Å². The quantitative estimate of drug-likeness (QED) is 0.861. The van der Waals surface area contributed by atoms with Gasteiger partial charge in [0.15, 0.2) is 11.5 Å². The van der Waals surface area contributed by atoms with Crippen molar-refractivity contribution >= 4 is 0 Å². The standard InChI is InChI=1S/C17H27NO2/c1-5-12-19-13-8-6-7-9-14(13)20-15-10-11-17(2,3)16(15)18-4/h6-9,15-16,18H,5,10-12H2,1-4H3. The van der Waals surface area contributed by atoms with Crippen LogP contribution in [0.5, 0.6) is 11.5 Å². The van der Waals surface area contributed by atoms with Gasteiger partial charge in [-0.2, -0.15) is 0 Å². The van der Waals surface area contributed by atoms with Crippen LogP contribution in [-0.4, -0.2) is 25.8 Å². The molecule has 20 heavy (non-hydrogen) atoms. The number of hydrogen-bond donors (Lipinski definition) is 1. The SMILES string of the molecule is CCCOc1ccccc1OC1CCC(C)(C)C1NC. The summed E-state index contributed by atoms with van der Waals surface area (Å²) in [5.41, 5.74) is 0.276. The summed E-state index contributed by atoms with van der Waals surface area (Å²) in [6.45, 7) is 7.44. The summed E-state index contributed by atoms with van der Waals surface area (Å²) in [5, 5.41) is 3.42. The van der Waals surface area contributed by atoms with Crippen LogP contribution in [0.1, 0.15) is 40.0 Å². The number of ether oxygens (including phenoxy) is 2. The summed E-state index contributed by atoms with van der Waals surface area (Å²) in [6.07, 6.45) is 3.48. The van der Waals surface area contributed by atoms with Gasteiger partial charge in [-0.3, -0.25) is 0 Å². The first kappa shape index (κ1) is 15.2. The van der Waals surface area contributed by atoms with E-state index in [1.165, 1.54) is 6.42 Å². The van der Waals surface area contributed by atoms with E-state index < -0.39 is 0 Å². The molecule has 1 fully saturated rings. The van der Waals surface area contributed by atoms with Crippen molar-refractivity contribution in [2.24, 2.45) is 5.41 Å². The maximum absolute atomic E-state index is 6.26. The molecule has 2 unspecified atom stereocenters. The summed E-state index contributed by atoms with van der Waals surface area (Å²) in [5.74, 6) is 1.72. The van der Waals surface area contributed by atoms with Crippen LogP contribution in [0.2, 0.25) is 0 Å². The Morgan fingerprint density at radius 1 is 1.25 bits per heavy atom. The van der Waals surface area contributed by atoms with Crippen molar-refractivity contribution in [2.45, 2.75) is 52.2 Å². The fourth-order valence-corrected chi connectivity index (χ4v) is 3.09. The minimum atomic E-state index is 0.210. The highest BCUT2D eigenvalue weighted by atomic mass is 16.5. The van der Waals surface area contributed by atoms with Gasteiger partial charge in [-0.1, -0.05) is 32.9 Å². The predicted octanol–water partition coefficient (Wildman–Crippen LogP) is 3.63. The van der Waals surface area contributed by atoms with Crippen molar-refractivity contribution in [1.82, 2.24) is 5.32 Å². The first-order chi connectivity index (χ1) is 9.58. The second kappa shape index (κ2) is 6.49. The average Bonchev–Trinajstić information content (AvgIpc) is 2.72. The van der Waals surface area contributed by atoms with Gasteiger partial charge in [-0.05, 0) is 43.9 Å². The van der Waals surface area contributed by atoms with E-state index in [2.05, 4.69) is 26.1 Å². The lowest BCUT2D eigenvalue weighted by atomic mass is 9.87. The van der Waals surface area contributed by atoms with E-state index in [1.807, 2.05) is 31.3 Å². The summed E-state index contributed by atoms with van der Waals surface area (Å²) in [7, 11) is 2.02. The summed E-state index contributed by atoms with van der Waals surface area (Å²) >= 11 is 0. The zero-order valence-corrected chi connectivity index (χ0v) is 13.1. The molecule has 0 spiro atoms. The van der Waals surface area contributed by atoms with Crippen molar-refractivity contribution in [3.05, 3.63) is 24.3 Å². The molecule has 0 radical (unpaired) electrons. The Bertz CT molecular complexity index is 431. The van der Waals surface area contributed by atoms with E-state index in [0.29, 0.717) is 6.04 Å². The highest BCUT2D eigenvalue weighted by Gasteiger charge is 2.42. The number of nitrogens with one attached hydrogen (secondary N) is 1. The molecule has 1 saturated carbocycles. The van der Waals surface area contributed by atoms with Gasteiger partial charge in [0.05, 0.1) is 6.61 Å². The van der Waals surface area contributed by atoms with Crippen LogP contribution in [-0.2, 0) is 0 Å². The van der Waals surface area contributed by atoms with Crippen LogP contribution in [0, 0.1) is 5.41 Å². The molecule has 0 amide bonds. The zero-order valence-electron chi connectivity index (χ0n) is 13.1. The number of para-hydroxylation sites is 2. The van der Waals surface area contributed by atoms with Gasteiger partial charge >= 0.3 is 0 Å². The third kappa shape index (κ3) is 3.26. The van der Waals surface area contributed by atoms with E-state index in [1.54, 1.807) is 0 Å². The molecule has 1 aromatic carbocycles. The van der Waals surface area contributed by atoms with Gasteiger partial charge in [0, 0.05) is 6.04 Å². The van der Waals surface area contributed by atoms with Crippen LogP contribution >= 0.6 is 0 Å². The first-order valence-corrected chi connectivity index (χ1v) is 7.64. The minimum absolute atomic E-state index is 0.210. The molecular weight excluding hydrogens is 250 g/mol. The number of hydrogen-bond acceptors (Lipinski definition) is 3. The lowest BCUT2D eigenvalue weighted by Crippen LogP contribution is -2.44. The van der Waals surface area contributed by atoms with E-state index in [0.717, 1.165) is 30.9 Å². The molecule has 0 heterocycles. The molecule has 1 aliphatic rings. The molecule has 1 N–H and O–H groups in total. The van der Waals surface area contributed by atoms with E-state index in [-0.39, 0.29) is 11.5 Å². The van der Waals surface area contributed by atoms with Crippen LogP contribution in [0.15, 0.2) is 24.3 Å². The average molecular weight is 277 g/mol. The fraction of sp³-hybridized carbons (Fsp3) is 0.647. The Morgan fingerprint density at radius 3 is 2.60 bits per heavy atom. The Morgan fingerprint density at radius 2 is 1.95 bits per heavy atom. The molecule has 1 aliphatic carbocycles. The molecule has 1 aromatic rings. The van der Waals surface area contributed by atoms with Crippen LogP contribution in [0.3, 0.4) is 0 Å². The topological polar surface area (TPSA) is 30.5 Å². The Balaban J connectivity index is 2.10. The molecule has 3 nitrogen and oxygen atoms in total. The lowest BCUT2D eigenvalue weighted by molar-refractivity contribution is 0.139. The van der Waals surface area contributed by atoms with Gasteiger partial charge in [0.2, 0.25) is 0 Å². The maximum atomic E-state index is 6.26. The highest BCUT2D eigenvalue weighted by Crippen LogP contribution is 2.40. The van der Waals surface area contributed by atoms with Crippen molar-refractivity contribution < 1.29 is 9.47 Å². The Labute approximate surface area is 122 Å². The smallest absolute Gasteiger partial charge is 0.161 e. The van der Waals surface area contributed by atoms with Crippen molar-refractivity contribution in [3.63, 3.8) is 0 Å². The van der Waals surface area contributed by atoms with E-state index in [9.17, 15) is 0 Å². The van der Waals surface area contributed by atoms with Gasteiger partial charge in [-0.25, -0.2) is 0 Å². The molecule has 0 aromatic heterocycles. The predicted molar refractivity (Wildman–Crippen MR) is 82.5 cm³/mol. The van der Waals surface area contributed by atoms with E-state index >= 15 is 0 Å². The summed E-state index contributed by atoms with van der Waals surface area (Å²) in [6, 6.07) is 8.36. The highest BCUT2D eigenvalue weighted by molar-refractivity contribution is 5.39. The van der Waals surface area contributed by atoms with Gasteiger partial charge in [-0.15, -0.1) is 0 Å². The van der Waals surface area contributed by atoms with Crippen LogP contribution in [0.4, 0.5) is 0 Å². The largest absolute Gasteiger partial charge is 0.490 e. The van der Waals surface area contributed by atoms with Crippen LogP contribution < -0.4 is 14.8 Å². The Hall–Kier alpha value is -1.22. The second-order valence-corrected chi connectivity index (χ2v) is 6.25. The monoisotopic (exact) mass is 277 g/mol. The molecule has 3 heteroatoms. The Kier molecular flexibility index (Phi) is 4.92. The van der Waals surface area contributed by atoms with Crippen molar-refractivity contribution in [2.75, 3.05) is 13.7 Å². The molecule has 0 saturated heterocycles. The summed E-state index contributed by atoms with van der Waals surface area (Å²) in [4.78, 5) is 0. The molecule has 112 valence electrons. The number of benzene rings is 1. The van der Waals surface area contributed by atoms with Gasteiger partial charge in [0.25, 0.3) is 0 Å². The molecule has 0 bridgehead atoms. The number of rotatable bonds is 6. The second-order valence-electron chi connectivity index (χ2n) is 6.25. The third-order valence-electron chi connectivity index (χ3n) is 4.19. The molecule has 2 atom stereocenters. The minimum Gasteiger partial charge on any atom is -0.490 e.